The van der Waals surface area contributed by atoms with Crippen LogP contribution in [0.25, 0.3) is 0 Å². The summed E-state index contributed by atoms with van der Waals surface area (Å²) in [5.41, 5.74) is 7.58. The molecule has 0 saturated heterocycles. The largest absolute Gasteiger partial charge is 0.594 e. The van der Waals surface area contributed by atoms with Gasteiger partial charge in [0.25, 0.3) is 11.6 Å². The van der Waals surface area contributed by atoms with Crippen LogP contribution in [-0.2, 0) is 0 Å². The highest BCUT2D eigenvalue weighted by molar-refractivity contribution is 6.34. The zero-order chi connectivity index (χ0) is 15.4. The van der Waals surface area contributed by atoms with Crippen molar-refractivity contribution in [1.82, 2.24) is 0 Å². The van der Waals surface area contributed by atoms with Gasteiger partial charge in [-0.1, -0.05) is 28.6 Å². The van der Waals surface area contributed by atoms with Crippen LogP contribution in [0.2, 0.25) is 5.02 Å². The maximum absolute atomic E-state index is 12.1. The fourth-order valence-electron chi connectivity index (χ4n) is 1.72. The zero-order valence-corrected chi connectivity index (χ0v) is 11.4. The Kier molecular flexibility index (Phi) is 4.16. The second-order valence-electron chi connectivity index (χ2n) is 4.07. The van der Waals surface area contributed by atoms with Gasteiger partial charge < -0.3 is 10.5 Å². The number of benzene rings is 2. The van der Waals surface area contributed by atoms with Gasteiger partial charge in [-0.15, -0.1) is 0 Å². The molecular formula is C14H9ClN4O2. The van der Waals surface area contributed by atoms with Crippen molar-refractivity contribution < 1.29 is 9.66 Å². The summed E-state index contributed by atoms with van der Waals surface area (Å²) in [5, 5.41) is 22.8. The van der Waals surface area contributed by atoms with Gasteiger partial charge in [-0.05, 0) is 29.8 Å². The first-order valence-electron chi connectivity index (χ1n) is 5.81. The summed E-state index contributed by atoms with van der Waals surface area (Å²) >= 11 is 5.92. The molecule has 0 bridgehead atoms. The first-order chi connectivity index (χ1) is 10.0. The number of amides is 1. The molecule has 2 N–H and O–H groups in total. The number of halogens is 1. The van der Waals surface area contributed by atoms with Crippen LogP contribution in [-0.4, -0.2) is 10.8 Å². The molecule has 2 rings (SSSR count). The van der Waals surface area contributed by atoms with Gasteiger partial charge >= 0.3 is 0 Å². The lowest BCUT2D eigenvalue weighted by Crippen LogP contribution is -2.13. The van der Waals surface area contributed by atoms with E-state index in [1.54, 1.807) is 18.2 Å². The third kappa shape index (κ3) is 3.16. The number of carbonyl (C=O) groups is 1. The molecule has 0 atom stereocenters. The molecule has 21 heavy (non-hydrogen) atoms. The average Bonchev–Trinajstić information content (AvgIpc) is 2.47. The lowest BCUT2D eigenvalue weighted by Gasteiger charge is -2.09. The molecule has 0 radical (unpaired) electrons. The van der Waals surface area contributed by atoms with Gasteiger partial charge in [-0.25, -0.2) is 0 Å². The molecule has 104 valence electrons. The van der Waals surface area contributed by atoms with Crippen molar-refractivity contribution >= 4 is 28.9 Å². The first-order valence-corrected chi connectivity index (χ1v) is 6.19. The summed E-state index contributed by atoms with van der Waals surface area (Å²) in [6, 6.07) is 12.3. The summed E-state index contributed by atoms with van der Waals surface area (Å²) < 4.78 is 0. The first kappa shape index (κ1) is 14.5. The van der Waals surface area contributed by atoms with E-state index in [4.69, 9.17) is 22.4 Å². The van der Waals surface area contributed by atoms with Crippen LogP contribution < -0.4 is 5.32 Å². The molecule has 0 saturated carbocycles. The third-order valence-electron chi connectivity index (χ3n) is 2.71. The Labute approximate surface area is 125 Å². The molecule has 0 fully saturated rings. The van der Waals surface area contributed by atoms with E-state index >= 15 is 0 Å². The van der Waals surface area contributed by atoms with Crippen LogP contribution in [0.3, 0.4) is 0 Å². The molecule has 0 heterocycles. The normalized spacial score (nSPS) is 9.71. The van der Waals surface area contributed by atoms with Crippen LogP contribution in [0.1, 0.15) is 15.9 Å². The predicted molar refractivity (Wildman–Crippen MR) is 76.6 cm³/mol. The van der Waals surface area contributed by atoms with Gasteiger partial charge in [0, 0.05) is 6.07 Å². The Morgan fingerprint density at radius 3 is 2.67 bits per heavy atom. The number of nitriles is 1. The number of nitrogens with zero attached hydrogens (tertiary/aromatic N) is 2. The highest BCUT2D eigenvalue weighted by Gasteiger charge is 2.16. The molecule has 7 heteroatoms. The second-order valence-corrected chi connectivity index (χ2v) is 4.48. The van der Waals surface area contributed by atoms with E-state index in [1.807, 2.05) is 6.07 Å². The van der Waals surface area contributed by atoms with Crippen molar-refractivity contribution in [2.24, 2.45) is 0 Å². The quantitative estimate of drug-likeness (QED) is 0.514. The molecule has 0 spiro atoms. The lowest BCUT2D eigenvalue weighted by molar-refractivity contribution is -0.464. The van der Waals surface area contributed by atoms with E-state index in [-0.39, 0.29) is 32.4 Å². The van der Waals surface area contributed by atoms with Crippen molar-refractivity contribution in [3.8, 4) is 6.07 Å². The molecule has 0 unspecified atom stereocenters. The van der Waals surface area contributed by atoms with Crippen LogP contribution in [0, 0.1) is 22.1 Å². The zero-order valence-electron chi connectivity index (χ0n) is 10.6. The van der Waals surface area contributed by atoms with Gasteiger partial charge in [-0.3, -0.25) is 4.79 Å². The van der Waals surface area contributed by atoms with Crippen LogP contribution >= 0.6 is 11.6 Å². The highest BCUT2D eigenvalue weighted by Crippen LogP contribution is 2.26. The number of hydrogen-bond donors (Lipinski definition) is 2. The minimum absolute atomic E-state index is 0.0731. The molecule has 6 nitrogen and oxygen atoms in total. The molecule has 2 aromatic rings. The highest BCUT2D eigenvalue weighted by atomic mass is 35.5. The average molecular weight is 301 g/mol. The molecule has 0 aliphatic carbocycles. The number of hydrogen-bond acceptors (Lipinski definition) is 4. The summed E-state index contributed by atoms with van der Waals surface area (Å²) in [7, 11) is 0. The fourth-order valence-corrected chi connectivity index (χ4v) is 1.94. The Hall–Kier alpha value is -2.91. The van der Waals surface area contributed by atoms with E-state index < -0.39 is 5.91 Å². The van der Waals surface area contributed by atoms with E-state index in [1.165, 1.54) is 24.3 Å². The Balaban J connectivity index is 2.39. The smallest absolute Gasteiger partial charge is 0.267 e. The topological polar surface area (TPSA) is 103 Å². The van der Waals surface area contributed by atoms with Crippen LogP contribution in [0.5, 0.6) is 0 Å². The molecular weight excluding hydrogens is 292 g/mol. The van der Waals surface area contributed by atoms with E-state index in [9.17, 15) is 10.0 Å². The minimum Gasteiger partial charge on any atom is -0.594 e. The van der Waals surface area contributed by atoms with Gasteiger partial charge in [0.1, 0.15) is 5.69 Å². The molecule has 0 aliphatic rings. The Morgan fingerprint density at radius 1 is 1.33 bits per heavy atom. The number of anilines is 1. The number of carbonyl (C=O) groups excluding carboxylic acids is 1. The van der Waals surface area contributed by atoms with Crippen molar-refractivity contribution in [3.63, 3.8) is 0 Å². The Bertz CT molecular complexity index is 768. The second kappa shape index (κ2) is 6.03. The third-order valence-corrected chi connectivity index (χ3v) is 3.04. The predicted octanol–water partition coefficient (Wildman–Crippen LogP) is 3.64. The summed E-state index contributed by atoms with van der Waals surface area (Å²) in [6.45, 7) is 0. The van der Waals surface area contributed by atoms with Crippen molar-refractivity contribution in [2.75, 3.05) is 5.32 Å². The number of nitrogens with one attached hydrogen (secondary N) is 2. The van der Waals surface area contributed by atoms with E-state index in [0.29, 0.717) is 0 Å². The van der Waals surface area contributed by atoms with Gasteiger partial charge in [0.05, 0.1) is 22.2 Å². The van der Waals surface area contributed by atoms with E-state index in [2.05, 4.69) is 5.32 Å². The summed E-state index contributed by atoms with van der Waals surface area (Å²) in [5.74, 6) is -0.529. The molecule has 1 amide bonds. The maximum atomic E-state index is 12.1. The number of rotatable bonds is 3. The van der Waals surface area contributed by atoms with Gasteiger partial charge in [0.2, 0.25) is 0 Å². The van der Waals surface area contributed by atoms with E-state index in [0.717, 1.165) is 0 Å². The lowest BCUT2D eigenvalue weighted by atomic mass is 10.1. The van der Waals surface area contributed by atoms with Gasteiger partial charge in [-0.2, -0.15) is 5.26 Å². The van der Waals surface area contributed by atoms with Gasteiger partial charge in [0.15, 0.2) is 0 Å². The van der Waals surface area contributed by atoms with Crippen LogP contribution in [0.4, 0.5) is 11.4 Å². The molecule has 0 aromatic heterocycles. The van der Waals surface area contributed by atoms with Crippen LogP contribution in [0.15, 0.2) is 42.5 Å². The van der Waals surface area contributed by atoms with Crippen molar-refractivity contribution in [2.45, 2.75) is 0 Å². The SMILES string of the molecule is N#Cc1ccc([N+](=N)[O-])c(NC(=O)c2ccccc2Cl)c1. The molecule has 0 aliphatic heterocycles. The Morgan fingerprint density at radius 2 is 2.05 bits per heavy atom. The molecule has 2 aromatic carbocycles. The van der Waals surface area contributed by atoms with Crippen molar-refractivity contribution in [1.29, 1.82) is 10.8 Å². The summed E-state index contributed by atoms with van der Waals surface area (Å²) in [6.07, 6.45) is 0. The fraction of sp³-hybridized carbons (Fsp3) is 0. The minimum atomic E-state index is -0.529. The maximum Gasteiger partial charge on any atom is 0.267 e. The monoisotopic (exact) mass is 300 g/mol. The summed E-state index contributed by atoms with van der Waals surface area (Å²) in [4.78, 5) is 12.0. The van der Waals surface area contributed by atoms with Crippen molar-refractivity contribution in [3.05, 3.63) is 63.8 Å². The standard InChI is InChI=1S/C14H9ClN4O2/c15-11-4-2-1-3-10(11)14(20)18-12-7-9(8-16)5-6-13(12)19(17)21/h1-7,17H,(H,18,20).